The number of aliphatic carboxylic acids is 1. The molecule has 2 heterocycles. The molecule has 1 N–H and O–H groups in total. The average Bonchev–Trinajstić information content (AvgIpc) is 3.07. The lowest BCUT2D eigenvalue weighted by Crippen LogP contribution is -2.33. The molecule has 1 aromatic rings. The molecule has 0 aromatic carbocycles. The molecule has 0 spiro atoms. The number of hydrogen-bond donors (Lipinski definition) is 1. The van der Waals surface area contributed by atoms with E-state index in [0.29, 0.717) is 49.5 Å². The molecular formula is C30H38N4O5. The minimum atomic E-state index is -0.700. The lowest BCUT2D eigenvalue weighted by Gasteiger charge is -2.34. The summed E-state index contributed by atoms with van der Waals surface area (Å²) in [5, 5.41) is 9.08. The summed E-state index contributed by atoms with van der Waals surface area (Å²) < 4.78 is 11.6. The molecule has 1 amide bonds. The number of amides is 1. The molecule has 9 nitrogen and oxygen atoms in total. The number of rotatable bonds is 9. The highest BCUT2D eigenvalue weighted by atomic mass is 16.5. The zero-order valence-electron chi connectivity index (χ0n) is 22.8. The van der Waals surface area contributed by atoms with E-state index in [9.17, 15) is 9.59 Å². The summed E-state index contributed by atoms with van der Waals surface area (Å²) in [6.45, 7) is 8.67. The Morgan fingerprint density at radius 3 is 2.69 bits per heavy atom. The molecule has 0 bridgehead atoms. The van der Waals surface area contributed by atoms with Crippen molar-refractivity contribution < 1.29 is 24.2 Å². The van der Waals surface area contributed by atoms with Crippen molar-refractivity contribution in [2.24, 2.45) is 22.7 Å². The first-order valence-electron chi connectivity index (χ1n) is 13.7. The van der Waals surface area contributed by atoms with Crippen LogP contribution in [0.25, 0.3) is 0 Å². The van der Waals surface area contributed by atoms with Crippen LogP contribution in [0.1, 0.15) is 58.1 Å². The van der Waals surface area contributed by atoms with Gasteiger partial charge in [0.05, 0.1) is 18.8 Å². The van der Waals surface area contributed by atoms with E-state index in [1.54, 1.807) is 23.5 Å². The Balaban J connectivity index is 1.36. The van der Waals surface area contributed by atoms with E-state index in [-0.39, 0.29) is 24.1 Å². The average molecular weight is 535 g/mol. The minimum absolute atomic E-state index is 0.151. The molecule has 4 rings (SSSR count). The van der Waals surface area contributed by atoms with Gasteiger partial charge in [-0.3, -0.25) is 19.6 Å². The van der Waals surface area contributed by atoms with Gasteiger partial charge in [0, 0.05) is 37.1 Å². The zero-order chi connectivity index (χ0) is 27.8. The molecule has 2 aliphatic carbocycles. The molecule has 1 atom stereocenters. The number of hydrogen-bond acceptors (Lipinski definition) is 7. The highest BCUT2D eigenvalue weighted by molar-refractivity contribution is 6.20. The van der Waals surface area contributed by atoms with Crippen LogP contribution >= 0.6 is 0 Å². The Bertz CT molecular complexity index is 1170. The number of carboxylic acids is 1. The van der Waals surface area contributed by atoms with Crippen LogP contribution in [0.3, 0.4) is 0 Å². The highest BCUT2D eigenvalue weighted by Gasteiger charge is 2.32. The lowest BCUT2D eigenvalue weighted by molar-refractivity contribution is -0.138. The van der Waals surface area contributed by atoms with Gasteiger partial charge in [-0.1, -0.05) is 17.7 Å². The summed E-state index contributed by atoms with van der Waals surface area (Å²) in [6.07, 6.45) is 17.1. The van der Waals surface area contributed by atoms with Gasteiger partial charge in [-0.2, -0.15) is 4.99 Å². The van der Waals surface area contributed by atoms with E-state index in [1.165, 1.54) is 0 Å². The molecule has 1 aromatic heterocycles. The summed E-state index contributed by atoms with van der Waals surface area (Å²) in [6, 6.07) is 0. The van der Waals surface area contributed by atoms with Crippen LogP contribution in [0.5, 0.6) is 0 Å². The van der Waals surface area contributed by atoms with Gasteiger partial charge < -0.3 is 19.5 Å². The predicted octanol–water partition coefficient (Wildman–Crippen LogP) is 4.84. The van der Waals surface area contributed by atoms with Gasteiger partial charge in [-0.25, -0.2) is 0 Å². The van der Waals surface area contributed by atoms with Gasteiger partial charge in [-0.05, 0) is 76.4 Å². The number of aliphatic imine (C=N–C) groups is 1. The molecule has 1 saturated heterocycles. The highest BCUT2D eigenvalue weighted by Crippen LogP contribution is 2.38. The van der Waals surface area contributed by atoms with Crippen LogP contribution < -0.4 is 0 Å². The van der Waals surface area contributed by atoms with Crippen LogP contribution in [0, 0.1) is 17.8 Å². The van der Waals surface area contributed by atoms with Crippen molar-refractivity contribution in [3.63, 3.8) is 0 Å². The second kappa shape index (κ2) is 13.4. The van der Waals surface area contributed by atoms with Gasteiger partial charge in [-0.15, -0.1) is 0 Å². The largest absolute Gasteiger partial charge is 0.481 e. The van der Waals surface area contributed by atoms with E-state index in [2.05, 4.69) is 39.8 Å². The molecular weight excluding hydrogens is 496 g/mol. The van der Waals surface area contributed by atoms with E-state index >= 15 is 0 Å². The second-order valence-corrected chi connectivity index (χ2v) is 10.6. The van der Waals surface area contributed by atoms with Crippen molar-refractivity contribution in [3.8, 4) is 0 Å². The van der Waals surface area contributed by atoms with Crippen LogP contribution in [-0.2, 0) is 25.5 Å². The number of aromatic nitrogens is 2. The maximum absolute atomic E-state index is 13.7. The Hall–Kier alpha value is -3.75. The van der Waals surface area contributed by atoms with E-state index in [1.807, 2.05) is 13.8 Å². The fraction of sp³-hybridized carbons (Fsp3) is 0.500. The molecule has 2 fully saturated rings. The Labute approximate surface area is 230 Å². The third kappa shape index (κ3) is 7.65. The Morgan fingerprint density at radius 2 is 2.05 bits per heavy atom. The zero-order valence-corrected chi connectivity index (χ0v) is 22.8. The molecule has 208 valence electrons. The first-order valence-corrected chi connectivity index (χ1v) is 13.7. The number of ether oxygens (including phenoxy) is 2. The molecule has 1 aliphatic heterocycles. The monoisotopic (exact) mass is 534 g/mol. The predicted molar refractivity (Wildman–Crippen MR) is 147 cm³/mol. The second-order valence-electron chi connectivity index (χ2n) is 10.6. The van der Waals surface area contributed by atoms with Crippen molar-refractivity contribution in [1.82, 2.24) is 14.9 Å². The summed E-state index contributed by atoms with van der Waals surface area (Å²) in [5.41, 5.74) is 2.90. The first-order chi connectivity index (χ1) is 18.8. The van der Waals surface area contributed by atoms with E-state index in [4.69, 9.17) is 14.6 Å². The third-order valence-electron chi connectivity index (χ3n) is 7.58. The van der Waals surface area contributed by atoms with Crippen molar-refractivity contribution in [2.45, 2.75) is 58.8 Å². The van der Waals surface area contributed by atoms with E-state index < -0.39 is 5.97 Å². The number of allylic oxidation sites excluding steroid dienone is 4. The first kappa shape index (κ1) is 28.3. The molecule has 1 saturated carbocycles. The minimum Gasteiger partial charge on any atom is -0.481 e. The van der Waals surface area contributed by atoms with Crippen molar-refractivity contribution >= 4 is 17.8 Å². The lowest BCUT2D eigenvalue weighted by atomic mass is 9.73. The summed E-state index contributed by atoms with van der Waals surface area (Å²) in [7, 11) is 0. The number of carbonyl (C=O) groups is 2. The smallest absolute Gasteiger partial charge is 0.303 e. The van der Waals surface area contributed by atoms with Crippen LogP contribution in [-0.4, -0.2) is 57.5 Å². The van der Waals surface area contributed by atoms with Crippen LogP contribution in [0.4, 0.5) is 0 Å². The van der Waals surface area contributed by atoms with Crippen LogP contribution in [0.2, 0.25) is 0 Å². The molecule has 9 heteroatoms. The number of nitrogens with zero attached hydrogens (tertiary/aromatic N) is 4. The van der Waals surface area contributed by atoms with Crippen molar-refractivity contribution in [3.05, 3.63) is 71.8 Å². The SMILES string of the molecule is C=C(/N=C1/OCCN(C2=CCC([C@H]3CC[C@H](CC(=O)O)CC3)C=C2)C(=O)C1=C(C)C)OCCc1cnccn1. The quantitative estimate of drug-likeness (QED) is 0.356. The van der Waals surface area contributed by atoms with Gasteiger partial charge in [0.2, 0.25) is 11.8 Å². The maximum atomic E-state index is 13.7. The van der Waals surface area contributed by atoms with Gasteiger partial charge in [0.15, 0.2) is 0 Å². The topological polar surface area (TPSA) is 114 Å². The standard InChI is InChI=1S/C30H38N4O5/c1-20(2)28-29(33-21(3)38-16-12-25-19-31-13-14-32-25)39-17-15-34(30(28)37)26-10-8-24(9-11-26)23-6-4-22(5-7-23)18-27(35)36/h8,10-11,13-14,19,22-24H,3-7,9,12,15-18H2,1-2H3,(H,35,36)/b33-29+/t22-,23-,24?. The fourth-order valence-electron chi connectivity index (χ4n) is 5.52. The number of carboxylic acid groups (broad SMARTS) is 1. The van der Waals surface area contributed by atoms with E-state index in [0.717, 1.165) is 49.1 Å². The normalized spacial score (nSPS) is 24.6. The Kier molecular flexibility index (Phi) is 9.68. The summed E-state index contributed by atoms with van der Waals surface area (Å²) >= 11 is 0. The Morgan fingerprint density at radius 1 is 1.26 bits per heavy atom. The van der Waals surface area contributed by atoms with Crippen molar-refractivity contribution in [1.29, 1.82) is 0 Å². The molecule has 0 radical (unpaired) electrons. The molecule has 3 aliphatic rings. The van der Waals surface area contributed by atoms with Crippen molar-refractivity contribution in [2.75, 3.05) is 19.8 Å². The molecule has 1 unspecified atom stereocenters. The van der Waals surface area contributed by atoms with Gasteiger partial charge >= 0.3 is 5.97 Å². The summed E-state index contributed by atoms with van der Waals surface area (Å²) in [4.78, 5) is 39.2. The number of carbonyl (C=O) groups excluding carboxylic acids is 1. The maximum Gasteiger partial charge on any atom is 0.303 e. The summed E-state index contributed by atoms with van der Waals surface area (Å²) in [5.74, 6) is 0.815. The van der Waals surface area contributed by atoms with Gasteiger partial charge in [0.1, 0.15) is 12.2 Å². The van der Waals surface area contributed by atoms with Gasteiger partial charge in [0.25, 0.3) is 5.91 Å². The fourth-order valence-corrected chi connectivity index (χ4v) is 5.52. The molecule has 39 heavy (non-hydrogen) atoms. The third-order valence-corrected chi connectivity index (χ3v) is 7.58. The van der Waals surface area contributed by atoms with Crippen LogP contribution in [0.15, 0.2) is 71.1 Å².